The van der Waals surface area contributed by atoms with Crippen LogP contribution in [0.25, 0.3) is 6.08 Å². The van der Waals surface area contributed by atoms with Crippen molar-refractivity contribution in [1.82, 2.24) is 5.32 Å². The Morgan fingerprint density at radius 3 is 2.28 bits per heavy atom. The third-order valence-electron chi connectivity index (χ3n) is 2.86. The molecule has 0 aliphatic rings. The van der Waals surface area contributed by atoms with Gasteiger partial charge in [-0.05, 0) is 18.0 Å². The maximum absolute atomic E-state index is 12.4. The highest BCUT2D eigenvalue weighted by atomic mass is 19.3. The van der Waals surface area contributed by atoms with Crippen LogP contribution in [0.3, 0.4) is 0 Å². The zero-order valence-electron chi connectivity index (χ0n) is 11.2. The molecule has 1 N–H and O–H groups in total. The van der Waals surface area contributed by atoms with Gasteiger partial charge in [-0.25, -0.2) is 8.78 Å². The fraction of sp³-hybridized carbons (Fsp3) is 0.467. The third-order valence-corrected chi connectivity index (χ3v) is 2.86. The van der Waals surface area contributed by atoms with Crippen LogP contribution in [0.15, 0.2) is 29.8 Å². The molecule has 1 aromatic rings. The maximum Gasteiger partial charge on any atom is 0.263 e. The minimum absolute atomic E-state index is 0.0740. The van der Waals surface area contributed by atoms with Gasteiger partial charge in [-0.2, -0.15) is 0 Å². The van der Waals surface area contributed by atoms with Crippen molar-refractivity contribution in [1.29, 1.82) is 0 Å². The van der Waals surface area contributed by atoms with E-state index in [0.29, 0.717) is 5.92 Å². The topological polar surface area (TPSA) is 12.0 Å². The van der Waals surface area contributed by atoms with Crippen molar-refractivity contribution in [2.75, 3.05) is 13.1 Å². The Balaban J connectivity index is 2.83. The highest BCUT2D eigenvalue weighted by Gasteiger charge is 2.06. The molecule has 0 aliphatic heterocycles. The smallest absolute Gasteiger partial charge is 0.263 e. The molecule has 0 saturated carbocycles. The molecule has 0 heterocycles. The fourth-order valence-corrected chi connectivity index (χ4v) is 1.64. The molecule has 0 unspecified atom stereocenters. The van der Waals surface area contributed by atoms with E-state index in [4.69, 9.17) is 0 Å². The van der Waals surface area contributed by atoms with E-state index in [-0.39, 0.29) is 5.56 Å². The molecule has 0 bridgehead atoms. The van der Waals surface area contributed by atoms with Crippen LogP contribution in [-0.4, -0.2) is 13.1 Å². The van der Waals surface area contributed by atoms with Gasteiger partial charge >= 0.3 is 0 Å². The second-order valence-electron chi connectivity index (χ2n) is 4.62. The first kappa shape index (κ1) is 14.8. The van der Waals surface area contributed by atoms with Gasteiger partial charge in [0.25, 0.3) is 6.43 Å². The van der Waals surface area contributed by atoms with Crippen molar-refractivity contribution in [2.24, 2.45) is 5.92 Å². The second kappa shape index (κ2) is 7.27. The molecule has 1 aromatic carbocycles. The number of hydrogen-bond acceptors (Lipinski definition) is 1. The lowest BCUT2D eigenvalue weighted by atomic mass is 10.00. The number of benzene rings is 1. The monoisotopic (exact) mass is 253 g/mol. The third kappa shape index (κ3) is 4.57. The molecule has 0 atom stereocenters. The first-order valence-corrected chi connectivity index (χ1v) is 6.33. The Morgan fingerprint density at radius 1 is 1.22 bits per heavy atom. The van der Waals surface area contributed by atoms with Gasteiger partial charge in [0.1, 0.15) is 0 Å². The fourth-order valence-electron chi connectivity index (χ4n) is 1.64. The first-order valence-electron chi connectivity index (χ1n) is 6.33. The molecular weight excluding hydrogens is 232 g/mol. The molecule has 1 nitrogen and oxygen atoms in total. The van der Waals surface area contributed by atoms with Gasteiger partial charge in [-0.15, -0.1) is 0 Å². The number of halogens is 2. The summed E-state index contributed by atoms with van der Waals surface area (Å²) >= 11 is 0. The van der Waals surface area contributed by atoms with E-state index in [2.05, 4.69) is 32.2 Å². The molecular formula is C15H21F2N. The van der Waals surface area contributed by atoms with Gasteiger partial charge in [-0.3, -0.25) is 0 Å². The average Bonchev–Trinajstić information content (AvgIpc) is 2.34. The lowest BCUT2D eigenvalue weighted by molar-refractivity contribution is 0.151. The summed E-state index contributed by atoms with van der Waals surface area (Å²) in [6.07, 6.45) is -0.322. The SMILES string of the molecule is CCNC/C(=C/c1ccc(C(F)F)cc1)C(C)C. The van der Waals surface area contributed by atoms with Crippen molar-refractivity contribution in [3.05, 3.63) is 41.0 Å². The van der Waals surface area contributed by atoms with Crippen LogP contribution in [0.2, 0.25) is 0 Å². The first-order chi connectivity index (χ1) is 8.54. The summed E-state index contributed by atoms with van der Waals surface area (Å²) in [6, 6.07) is 6.47. The van der Waals surface area contributed by atoms with Crippen LogP contribution in [0, 0.1) is 5.92 Å². The van der Waals surface area contributed by atoms with Crippen molar-refractivity contribution in [2.45, 2.75) is 27.2 Å². The van der Waals surface area contributed by atoms with Gasteiger partial charge in [0.05, 0.1) is 0 Å². The van der Waals surface area contributed by atoms with Crippen LogP contribution >= 0.6 is 0 Å². The van der Waals surface area contributed by atoms with Gasteiger partial charge in [-0.1, -0.05) is 56.7 Å². The summed E-state index contributed by atoms with van der Waals surface area (Å²) in [5.41, 5.74) is 2.33. The van der Waals surface area contributed by atoms with Crippen LogP contribution in [0.1, 0.15) is 38.3 Å². The summed E-state index contributed by atoms with van der Waals surface area (Å²) in [5, 5.41) is 3.29. The number of likely N-dealkylation sites (N-methyl/N-ethyl adjacent to an activating group) is 1. The van der Waals surface area contributed by atoms with Gasteiger partial charge in [0.15, 0.2) is 0 Å². The van der Waals surface area contributed by atoms with Gasteiger partial charge in [0, 0.05) is 12.1 Å². The summed E-state index contributed by atoms with van der Waals surface area (Å²) in [6.45, 7) is 8.10. The summed E-state index contributed by atoms with van der Waals surface area (Å²) < 4.78 is 24.9. The van der Waals surface area contributed by atoms with E-state index in [1.807, 2.05) is 0 Å². The van der Waals surface area contributed by atoms with Crippen molar-refractivity contribution < 1.29 is 8.78 Å². The molecule has 3 heteroatoms. The standard InChI is InChI=1S/C15H21F2N/c1-4-18-10-14(11(2)3)9-12-5-7-13(8-6-12)15(16)17/h5-9,11,15,18H,4,10H2,1-3H3/b14-9-. The lowest BCUT2D eigenvalue weighted by Gasteiger charge is -2.12. The largest absolute Gasteiger partial charge is 0.313 e. The Labute approximate surface area is 108 Å². The molecule has 1 rings (SSSR count). The van der Waals surface area contributed by atoms with E-state index < -0.39 is 6.43 Å². The minimum atomic E-state index is -2.39. The Kier molecular flexibility index (Phi) is 5.99. The van der Waals surface area contributed by atoms with Crippen molar-refractivity contribution in [3.63, 3.8) is 0 Å². The molecule has 100 valence electrons. The van der Waals surface area contributed by atoms with Crippen molar-refractivity contribution in [3.8, 4) is 0 Å². The zero-order chi connectivity index (χ0) is 13.5. The van der Waals surface area contributed by atoms with Gasteiger partial charge in [0.2, 0.25) is 0 Å². The Hall–Kier alpha value is -1.22. The Morgan fingerprint density at radius 2 is 1.83 bits per heavy atom. The molecule has 0 fully saturated rings. The highest BCUT2D eigenvalue weighted by Crippen LogP contribution is 2.20. The molecule has 0 saturated heterocycles. The average molecular weight is 253 g/mol. The van der Waals surface area contributed by atoms with E-state index >= 15 is 0 Å². The predicted molar refractivity (Wildman–Crippen MR) is 72.8 cm³/mol. The summed E-state index contributed by atoms with van der Waals surface area (Å²) in [5.74, 6) is 0.443. The second-order valence-corrected chi connectivity index (χ2v) is 4.62. The van der Waals surface area contributed by atoms with Crippen LogP contribution in [0.5, 0.6) is 0 Å². The van der Waals surface area contributed by atoms with Gasteiger partial charge < -0.3 is 5.32 Å². The predicted octanol–water partition coefficient (Wildman–Crippen LogP) is 4.27. The molecule has 0 amide bonds. The Bertz CT molecular complexity index is 380. The lowest BCUT2D eigenvalue weighted by Crippen LogP contribution is -2.18. The molecule has 0 aromatic heterocycles. The van der Waals surface area contributed by atoms with Crippen LogP contribution < -0.4 is 5.32 Å². The van der Waals surface area contributed by atoms with Crippen LogP contribution in [-0.2, 0) is 0 Å². The molecule has 18 heavy (non-hydrogen) atoms. The number of rotatable bonds is 6. The van der Waals surface area contributed by atoms with E-state index in [1.54, 1.807) is 12.1 Å². The van der Waals surface area contributed by atoms with Crippen LogP contribution in [0.4, 0.5) is 8.78 Å². The maximum atomic E-state index is 12.4. The van der Waals surface area contributed by atoms with E-state index in [1.165, 1.54) is 17.7 Å². The van der Waals surface area contributed by atoms with Crippen molar-refractivity contribution >= 4 is 6.08 Å². The van der Waals surface area contributed by atoms with E-state index in [9.17, 15) is 8.78 Å². The summed E-state index contributed by atoms with van der Waals surface area (Å²) in [7, 11) is 0. The summed E-state index contributed by atoms with van der Waals surface area (Å²) in [4.78, 5) is 0. The number of hydrogen-bond donors (Lipinski definition) is 1. The minimum Gasteiger partial charge on any atom is -0.313 e. The molecule has 0 aliphatic carbocycles. The zero-order valence-corrected chi connectivity index (χ0v) is 11.2. The molecule has 0 spiro atoms. The number of nitrogens with one attached hydrogen (secondary N) is 1. The number of alkyl halides is 2. The highest BCUT2D eigenvalue weighted by molar-refractivity contribution is 5.54. The normalized spacial score (nSPS) is 12.5. The quantitative estimate of drug-likeness (QED) is 0.798. The van der Waals surface area contributed by atoms with E-state index in [0.717, 1.165) is 18.7 Å². The molecule has 0 radical (unpaired) electrons.